The van der Waals surface area contributed by atoms with Crippen molar-refractivity contribution in [2.75, 3.05) is 7.11 Å². The molecule has 0 saturated heterocycles. The van der Waals surface area contributed by atoms with Crippen molar-refractivity contribution in [1.29, 1.82) is 0 Å². The SMILES string of the molecule is COc1ccc(CC(C)N)c2c(C)cc(C)nc12. The molecule has 2 N–H and O–H groups in total. The van der Waals surface area contributed by atoms with E-state index in [1.54, 1.807) is 7.11 Å². The van der Waals surface area contributed by atoms with Gasteiger partial charge in [-0.15, -0.1) is 0 Å². The van der Waals surface area contributed by atoms with Gasteiger partial charge in [-0.3, -0.25) is 0 Å². The number of hydrogen-bond donors (Lipinski definition) is 1. The number of ether oxygens (including phenoxy) is 1. The average molecular weight is 244 g/mol. The summed E-state index contributed by atoms with van der Waals surface area (Å²) in [5.74, 6) is 0.824. The molecular formula is C15H20N2O. The van der Waals surface area contributed by atoms with Crippen LogP contribution in [0, 0.1) is 13.8 Å². The largest absolute Gasteiger partial charge is 0.494 e. The van der Waals surface area contributed by atoms with Gasteiger partial charge in [0.25, 0.3) is 0 Å². The van der Waals surface area contributed by atoms with Gasteiger partial charge in [-0.05, 0) is 50.5 Å². The van der Waals surface area contributed by atoms with Crippen molar-refractivity contribution >= 4 is 10.9 Å². The lowest BCUT2D eigenvalue weighted by Crippen LogP contribution is -2.18. The van der Waals surface area contributed by atoms with Crippen molar-refractivity contribution in [1.82, 2.24) is 4.98 Å². The second-order valence-corrected chi connectivity index (χ2v) is 4.91. The molecule has 1 aromatic heterocycles. The van der Waals surface area contributed by atoms with Gasteiger partial charge < -0.3 is 10.5 Å². The number of aromatic nitrogens is 1. The van der Waals surface area contributed by atoms with Crippen LogP contribution in [0.25, 0.3) is 10.9 Å². The first kappa shape index (κ1) is 12.8. The lowest BCUT2D eigenvalue weighted by atomic mass is 9.98. The van der Waals surface area contributed by atoms with Crippen LogP contribution >= 0.6 is 0 Å². The Kier molecular flexibility index (Phi) is 3.53. The first-order valence-electron chi connectivity index (χ1n) is 6.22. The van der Waals surface area contributed by atoms with E-state index in [-0.39, 0.29) is 6.04 Å². The number of nitrogens with zero attached hydrogens (tertiary/aromatic N) is 1. The quantitative estimate of drug-likeness (QED) is 0.903. The number of fused-ring (bicyclic) bond motifs is 1. The summed E-state index contributed by atoms with van der Waals surface area (Å²) < 4.78 is 5.40. The summed E-state index contributed by atoms with van der Waals surface area (Å²) in [6.45, 7) is 6.14. The maximum atomic E-state index is 5.91. The second kappa shape index (κ2) is 4.94. The van der Waals surface area contributed by atoms with Crippen LogP contribution < -0.4 is 10.5 Å². The molecule has 0 bridgehead atoms. The molecule has 3 heteroatoms. The highest BCUT2D eigenvalue weighted by molar-refractivity contribution is 5.90. The van der Waals surface area contributed by atoms with Gasteiger partial charge in [-0.2, -0.15) is 0 Å². The normalized spacial score (nSPS) is 12.7. The van der Waals surface area contributed by atoms with Crippen LogP contribution in [0.2, 0.25) is 0 Å². The third kappa shape index (κ3) is 2.31. The lowest BCUT2D eigenvalue weighted by molar-refractivity contribution is 0.418. The molecule has 1 aromatic carbocycles. The Bertz CT molecular complexity index is 576. The van der Waals surface area contributed by atoms with Gasteiger partial charge in [-0.25, -0.2) is 4.98 Å². The van der Waals surface area contributed by atoms with E-state index in [2.05, 4.69) is 24.0 Å². The van der Waals surface area contributed by atoms with Crippen molar-refractivity contribution in [2.24, 2.45) is 5.73 Å². The van der Waals surface area contributed by atoms with E-state index in [4.69, 9.17) is 10.5 Å². The van der Waals surface area contributed by atoms with Gasteiger partial charge in [0.2, 0.25) is 0 Å². The van der Waals surface area contributed by atoms with Crippen molar-refractivity contribution in [3.63, 3.8) is 0 Å². The minimum absolute atomic E-state index is 0.141. The van der Waals surface area contributed by atoms with Crippen molar-refractivity contribution in [3.05, 3.63) is 35.0 Å². The molecular weight excluding hydrogens is 224 g/mol. The molecule has 18 heavy (non-hydrogen) atoms. The Morgan fingerprint density at radius 2 is 2.06 bits per heavy atom. The fourth-order valence-corrected chi connectivity index (χ4v) is 2.44. The first-order chi connectivity index (χ1) is 8.52. The molecule has 2 aromatic rings. The van der Waals surface area contributed by atoms with Gasteiger partial charge in [0.1, 0.15) is 11.3 Å². The summed E-state index contributed by atoms with van der Waals surface area (Å²) >= 11 is 0. The fraction of sp³-hybridized carbons (Fsp3) is 0.400. The highest BCUT2D eigenvalue weighted by Crippen LogP contribution is 2.30. The second-order valence-electron chi connectivity index (χ2n) is 4.91. The van der Waals surface area contributed by atoms with E-state index in [1.165, 1.54) is 16.5 Å². The van der Waals surface area contributed by atoms with E-state index in [1.807, 2.05) is 19.9 Å². The molecule has 0 saturated carbocycles. The van der Waals surface area contributed by atoms with Gasteiger partial charge in [0.05, 0.1) is 7.11 Å². The highest BCUT2D eigenvalue weighted by Gasteiger charge is 2.12. The Morgan fingerprint density at radius 1 is 1.33 bits per heavy atom. The molecule has 3 nitrogen and oxygen atoms in total. The van der Waals surface area contributed by atoms with E-state index < -0.39 is 0 Å². The average Bonchev–Trinajstić information content (AvgIpc) is 2.27. The minimum atomic E-state index is 0.141. The van der Waals surface area contributed by atoms with Crippen LogP contribution in [0.3, 0.4) is 0 Å². The van der Waals surface area contributed by atoms with Crippen LogP contribution in [0.5, 0.6) is 5.75 Å². The highest BCUT2D eigenvalue weighted by atomic mass is 16.5. The van der Waals surface area contributed by atoms with Gasteiger partial charge in [0, 0.05) is 17.1 Å². The molecule has 0 radical (unpaired) electrons. The summed E-state index contributed by atoms with van der Waals surface area (Å²) in [5, 5.41) is 1.18. The number of pyridine rings is 1. The predicted octanol–water partition coefficient (Wildman–Crippen LogP) is 2.75. The summed E-state index contributed by atoms with van der Waals surface area (Å²) in [7, 11) is 1.68. The molecule has 1 unspecified atom stereocenters. The topological polar surface area (TPSA) is 48.1 Å². The zero-order chi connectivity index (χ0) is 13.3. The molecule has 0 aliphatic rings. The Morgan fingerprint density at radius 3 is 2.67 bits per heavy atom. The van der Waals surface area contributed by atoms with Crippen LogP contribution in [0.15, 0.2) is 18.2 Å². The van der Waals surface area contributed by atoms with E-state index in [9.17, 15) is 0 Å². The standard InChI is InChI=1S/C15H20N2O/c1-9-7-11(3)17-15-13(18-4)6-5-12(14(9)15)8-10(2)16/h5-7,10H,8,16H2,1-4H3. The van der Waals surface area contributed by atoms with E-state index >= 15 is 0 Å². The number of methoxy groups -OCH3 is 1. The molecule has 96 valence electrons. The Balaban J connectivity index is 2.75. The number of nitrogens with two attached hydrogens (primary N) is 1. The smallest absolute Gasteiger partial charge is 0.145 e. The number of rotatable bonds is 3. The molecule has 1 heterocycles. The molecule has 0 amide bonds. The van der Waals surface area contributed by atoms with Gasteiger partial charge in [-0.1, -0.05) is 6.07 Å². The zero-order valence-electron chi connectivity index (χ0n) is 11.4. The van der Waals surface area contributed by atoms with Gasteiger partial charge in [0.15, 0.2) is 0 Å². The van der Waals surface area contributed by atoms with Crippen LogP contribution in [-0.2, 0) is 6.42 Å². The van der Waals surface area contributed by atoms with E-state index in [0.29, 0.717) is 0 Å². The maximum Gasteiger partial charge on any atom is 0.145 e. The number of benzene rings is 1. The van der Waals surface area contributed by atoms with Crippen LogP contribution in [-0.4, -0.2) is 18.1 Å². The maximum absolute atomic E-state index is 5.91. The Hall–Kier alpha value is -1.61. The lowest BCUT2D eigenvalue weighted by Gasteiger charge is -2.14. The first-order valence-corrected chi connectivity index (χ1v) is 6.22. The summed E-state index contributed by atoms with van der Waals surface area (Å²) in [6, 6.07) is 6.31. The molecule has 0 aliphatic carbocycles. The molecule has 0 spiro atoms. The molecule has 0 fully saturated rings. The predicted molar refractivity (Wildman–Crippen MR) is 75.1 cm³/mol. The van der Waals surface area contributed by atoms with Crippen LogP contribution in [0.4, 0.5) is 0 Å². The number of aryl methyl sites for hydroxylation is 2. The molecule has 1 atom stereocenters. The summed E-state index contributed by atoms with van der Waals surface area (Å²) in [6.07, 6.45) is 0.853. The van der Waals surface area contributed by atoms with Crippen LogP contribution in [0.1, 0.15) is 23.7 Å². The van der Waals surface area contributed by atoms with Crippen molar-refractivity contribution in [3.8, 4) is 5.75 Å². The van der Waals surface area contributed by atoms with Gasteiger partial charge >= 0.3 is 0 Å². The molecule has 0 aliphatic heterocycles. The zero-order valence-corrected chi connectivity index (χ0v) is 11.4. The third-order valence-corrected chi connectivity index (χ3v) is 3.10. The molecule has 2 rings (SSSR count). The Labute approximate surface area is 108 Å². The fourth-order valence-electron chi connectivity index (χ4n) is 2.44. The van der Waals surface area contributed by atoms with E-state index in [0.717, 1.165) is 23.4 Å². The number of hydrogen-bond acceptors (Lipinski definition) is 3. The van der Waals surface area contributed by atoms with Crippen molar-refractivity contribution in [2.45, 2.75) is 33.2 Å². The summed E-state index contributed by atoms with van der Waals surface area (Å²) in [4.78, 5) is 4.61. The monoisotopic (exact) mass is 244 g/mol. The summed E-state index contributed by atoms with van der Waals surface area (Å²) in [5.41, 5.74) is 10.3. The minimum Gasteiger partial charge on any atom is -0.494 e. The van der Waals surface area contributed by atoms with Crippen molar-refractivity contribution < 1.29 is 4.74 Å². The third-order valence-electron chi connectivity index (χ3n) is 3.10.